The second-order valence-electron chi connectivity index (χ2n) is 15.9. The number of nitrogens with two attached hydrogens (primary N) is 1. The van der Waals surface area contributed by atoms with Gasteiger partial charge in [-0.05, 0) is 92.8 Å². The minimum Gasteiger partial charge on any atom is -0.286 e. The molecule has 17 atom stereocenters. The van der Waals surface area contributed by atoms with Crippen LogP contribution in [0, 0.1) is 47.3 Å². The molecule has 17 unspecified atom stereocenters. The summed E-state index contributed by atoms with van der Waals surface area (Å²) in [7, 11) is 0. The molecule has 9 aliphatic rings. The number of hydrogen-bond acceptors (Lipinski definition) is 10. The lowest BCUT2D eigenvalue weighted by Crippen LogP contribution is -2.62. The van der Waals surface area contributed by atoms with Crippen molar-refractivity contribution in [3.63, 3.8) is 0 Å². The molecule has 236 valence electrons. The minimum absolute atomic E-state index is 0.259. The Bertz CT molecular complexity index is 966. The van der Waals surface area contributed by atoms with Crippen molar-refractivity contribution in [2.75, 3.05) is 0 Å². The average molecular weight is 583 g/mol. The Hall–Kier alpha value is -0.400. The molecule has 10 nitrogen and oxygen atoms in total. The van der Waals surface area contributed by atoms with Gasteiger partial charge in [-0.25, -0.2) is 0 Å². The molecule has 8 bridgehead atoms. The number of fused-ring (bicyclic) bond motifs is 20. The van der Waals surface area contributed by atoms with Gasteiger partial charge < -0.3 is 0 Å². The quantitative estimate of drug-likeness (QED) is 0.162. The minimum atomic E-state index is 0.259. The molecule has 42 heavy (non-hydrogen) atoms. The highest BCUT2D eigenvalue weighted by molar-refractivity contribution is 5.09. The van der Waals surface area contributed by atoms with Gasteiger partial charge in [0.25, 0.3) is 0 Å². The molecule has 4 saturated carbocycles. The van der Waals surface area contributed by atoms with Gasteiger partial charge in [-0.2, -0.15) is 0 Å². The van der Waals surface area contributed by atoms with E-state index in [4.69, 9.17) is 5.84 Å². The Morgan fingerprint density at radius 2 is 0.619 bits per heavy atom. The zero-order valence-corrected chi connectivity index (χ0v) is 25.5. The molecule has 0 aromatic rings. The summed E-state index contributed by atoms with van der Waals surface area (Å²) in [6, 6.07) is 0.358. The predicted octanol–water partition coefficient (Wildman–Crippen LogP) is 1.05. The van der Waals surface area contributed by atoms with Gasteiger partial charge in [0.2, 0.25) is 0 Å². The SMILES string of the molecule is NNC1CCCC2C3NC4NC(NC5NC(NC6NC(NC(N3)C12)C1CCCCC61)C1CCCCC51)C1CCCCC41. The van der Waals surface area contributed by atoms with E-state index in [0.717, 1.165) is 11.8 Å². The summed E-state index contributed by atoms with van der Waals surface area (Å²) in [4.78, 5) is 0. The maximum atomic E-state index is 6.25. The van der Waals surface area contributed by atoms with Gasteiger partial charge in [-0.3, -0.25) is 53.8 Å². The molecule has 0 aromatic carbocycles. The standard InChI is InChI=1S/C32H58N10/c33-42-23-15-7-14-22-24(23)32-40-30-21-13-6-5-12-20(21)28(38-30)36-26-17-9-2-1-8-16(17)25(34-26)35-27-18-10-3-4-11-19(18)29(37-27)39-31(22)41-32/h16-32,34-42H,1-15,33H2. The predicted molar refractivity (Wildman–Crippen MR) is 164 cm³/mol. The molecule has 0 aromatic heterocycles. The van der Waals surface area contributed by atoms with E-state index < -0.39 is 0 Å². The summed E-state index contributed by atoms with van der Waals surface area (Å²) < 4.78 is 0. The molecule has 4 aliphatic carbocycles. The van der Waals surface area contributed by atoms with Crippen LogP contribution >= 0.6 is 0 Å². The maximum absolute atomic E-state index is 6.25. The largest absolute Gasteiger partial charge is 0.286 e. The van der Waals surface area contributed by atoms with E-state index in [2.05, 4.69) is 48.0 Å². The summed E-state index contributed by atoms with van der Waals surface area (Å²) >= 11 is 0. The van der Waals surface area contributed by atoms with Crippen molar-refractivity contribution in [3.05, 3.63) is 0 Å². The van der Waals surface area contributed by atoms with E-state index in [1.807, 2.05) is 0 Å². The van der Waals surface area contributed by atoms with Gasteiger partial charge in [-0.15, -0.1) is 0 Å². The van der Waals surface area contributed by atoms with Crippen molar-refractivity contribution in [2.24, 2.45) is 53.2 Å². The topological polar surface area (TPSA) is 134 Å². The lowest BCUT2D eigenvalue weighted by molar-refractivity contribution is 0.142. The van der Waals surface area contributed by atoms with E-state index in [9.17, 15) is 0 Å². The normalized spacial score (nSPS) is 57.2. The molecular weight excluding hydrogens is 524 g/mol. The summed E-state index contributed by atoms with van der Waals surface area (Å²) in [5, 5.41) is 33.6. The monoisotopic (exact) mass is 582 g/mol. The third kappa shape index (κ3) is 4.65. The van der Waals surface area contributed by atoms with Gasteiger partial charge >= 0.3 is 0 Å². The van der Waals surface area contributed by atoms with Gasteiger partial charge in [0.15, 0.2) is 0 Å². The zero-order valence-electron chi connectivity index (χ0n) is 25.5. The molecule has 11 N–H and O–H groups in total. The molecule has 0 spiro atoms. The Morgan fingerprint density at radius 3 is 0.952 bits per heavy atom. The molecule has 5 heterocycles. The van der Waals surface area contributed by atoms with Crippen molar-refractivity contribution in [3.8, 4) is 0 Å². The average Bonchev–Trinajstić information content (AvgIpc) is 3.76. The Morgan fingerprint density at radius 1 is 0.333 bits per heavy atom. The third-order valence-electron chi connectivity index (χ3n) is 14.1. The number of hydrogen-bond donors (Lipinski definition) is 10. The van der Waals surface area contributed by atoms with E-state index >= 15 is 0 Å². The summed E-state index contributed by atoms with van der Waals surface area (Å²) in [6.45, 7) is 0. The first-order valence-corrected chi connectivity index (χ1v) is 18.3. The van der Waals surface area contributed by atoms with Gasteiger partial charge in [0.05, 0.1) is 49.3 Å². The molecular formula is C32H58N10. The van der Waals surface area contributed by atoms with Crippen LogP contribution in [0.4, 0.5) is 0 Å². The first-order valence-electron chi connectivity index (χ1n) is 18.3. The van der Waals surface area contributed by atoms with Gasteiger partial charge in [0.1, 0.15) is 0 Å². The van der Waals surface area contributed by atoms with Crippen molar-refractivity contribution in [1.82, 2.24) is 48.0 Å². The highest BCUT2D eigenvalue weighted by atomic mass is 15.4. The fourth-order valence-electron chi connectivity index (χ4n) is 12.3. The molecule has 10 heteroatoms. The summed E-state index contributed by atoms with van der Waals surface area (Å²) in [5.41, 5.74) is 3.27. The first-order chi connectivity index (χ1) is 20.7. The van der Waals surface area contributed by atoms with E-state index in [0.29, 0.717) is 84.7 Å². The molecule has 0 radical (unpaired) electrons. The fourth-order valence-corrected chi connectivity index (χ4v) is 12.3. The summed E-state index contributed by atoms with van der Waals surface area (Å²) in [5.74, 6) is 11.6. The summed E-state index contributed by atoms with van der Waals surface area (Å²) in [6.07, 6.45) is 22.8. The van der Waals surface area contributed by atoms with Crippen molar-refractivity contribution >= 4 is 0 Å². The van der Waals surface area contributed by atoms with Crippen molar-refractivity contribution in [2.45, 2.75) is 152 Å². The Balaban J connectivity index is 1.06. The van der Waals surface area contributed by atoms with Crippen LogP contribution in [0.3, 0.4) is 0 Å². The van der Waals surface area contributed by atoms with Crippen LogP contribution in [0.2, 0.25) is 0 Å². The van der Waals surface area contributed by atoms with Crippen LogP contribution < -0.4 is 53.8 Å². The lowest BCUT2D eigenvalue weighted by Gasteiger charge is -2.39. The third-order valence-corrected chi connectivity index (χ3v) is 14.1. The molecule has 0 amide bonds. The highest BCUT2D eigenvalue weighted by Crippen LogP contribution is 2.45. The van der Waals surface area contributed by atoms with Crippen LogP contribution in [-0.2, 0) is 0 Å². The van der Waals surface area contributed by atoms with Gasteiger partial charge in [-0.1, -0.05) is 44.9 Å². The van der Waals surface area contributed by atoms with E-state index in [-0.39, 0.29) is 6.17 Å². The lowest BCUT2D eigenvalue weighted by atomic mass is 9.75. The molecule has 9 rings (SSSR count). The van der Waals surface area contributed by atoms with Crippen molar-refractivity contribution < 1.29 is 0 Å². The second kappa shape index (κ2) is 11.4. The number of rotatable bonds is 1. The number of hydrazine groups is 1. The first kappa shape index (κ1) is 27.9. The molecule has 5 saturated heterocycles. The van der Waals surface area contributed by atoms with Crippen LogP contribution in [0.15, 0.2) is 0 Å². The smallest absolute Gasteiger partial charge is 0.0644 e. The Kier molecular flexibility index (Phi) is 7.59. The van der Waals surface area contributed by atoms with E-state index in [1.165, 1.54) is 96.3 Å². The second-order valence-corrected chi connectivity index (χ2v) is 15.9. The van der Waals surface area contributed by atoms with Crippen molar-refractivity contribution in [1.29, 1.82) is 0 Å². The zero-order chi connectivity index (χ0) is 27.8. The highest BCUT2D eigenvalue weighted by Gasteiger charge is 2.55. The molecule has 5 aliphatic heterocycles. The maximum Gasteiger partial charge on any atom is 0.0644 e. The van der Waals surface area contributed by atoms with E-state index in [1.54, 1.807) is 0 Å². The van der Waals surface area contributed by atoms with Crippen LogP contribution in [0.1, 0.15) is 96.3 Å². The number of nitrogens with one attached hydrogen (secondary N) is 9. The fraction of sp³-hybridized carbons (Fsp3) is 1.00. The van der Waals surface area contributed by atoms with Crippen LogP contribution in [0.5, 0.6) is 0 Å². The molecule has 9 fully saturated rings. The Labute approximate surface area is 252 Å². The van der Waals surface area contributed by atoms with Gasteiger partial charge in [0, 0.05) is 12.0 Å². The van der Waals surface area contributed by atoms with Crippen LogP contribution in [0.25, 0.3) is 0 Å². The van der Waals surface area contributed by atoms with Crippen LogP contribution in [-0.4, -0.2) is 55.4 Å².